The maximum atomic E-state index is 13.8. The Bertz CT molecular complexity index is 711. The molecule has 0 aromatic heterocycles. The first-order valence-electron chi connectivity index (χ1n) is 10.3. The van der Waals surface area contributed by atoms with E-state index < -0.39 is 5.82 Å². The van der Waals surface area contributed by atoms with Gasteiger partial charge >= 0.3 is 0 Å². The van der Waals surface area contributed by atoms with E-state index in [1.165, 1.54) is 25.3 Å². The van der Waals surface area contributed by atoms with Gasteiger partial charge in [-0.15, -0.1) is 0 Å². The van der Waals surface area contributed by atoms with E-state index in [1.807, 2.05) is 0 Å². The average molecular weight is 372 g/mol. The van der Waals surface area contributed by atoms with E-state index in [-0.39, 0.29) is 29.3 Å². The molecule has 0 atom stereocenters. The van der Waals surface area contributed by atoms with Crippen molar-refractivity contribution < 1.29 is 14.0 Å². The molecule has 0 unspecified atom stereocenters. The molecule has 4 aliphatic rings. The molecule has 5 rings (SSSR count). The van der Waals surface area contributed by atoms with Crippen LogP contribution in [0.2, 0.25) is 0 Å². The highest BCUT2D eigenvalue weighted by molar-refractivity contribution is 5.90. The highest BCUT2D eigenvalue weighted by atomic mass is 19.1. The second-order valence-electron chi connectivity index (χ2n) is 9.09. The van der Waals surface area contributed by atoms with Crippen LogP contribution < -0.4 is 10.6 Å². The van der Waals surface area contributed by atoms with Gasteiger partial charge in [-0.1, -0.05) is 6.07 Å². The minimum Gasteiger partial charge on any atom is -0.356 e. The molecule has 0 spiro atoms. The highest BCUT2D eigenvalue weighted by Gasteiger charge is 2.54. The van der Waals surface area contributed by atoms with Crippen LogP contribution in [0.15, 0.2) is 18.2 Å². The van der Waals surface area contributed by atoms with Crippen LogP contribution in [-0.2, 0) is 9.59 Å². The molecular weight excluding hydrogens is 343 g/mol. The van der Waals surface area contributed by atoms with Crippen LogP contribution in [0.3, 0.4) is 0 Å². The van der Waals surface area contributed by atoms with E-state index in [0.717, 1.165) is 42.6 Å². The number of anilines is 1. The van der Waals surface area contributed by atoms with Gasteiger partial charge in [-0.25, -0.2) is 4.39 Å². The Hall–Kier alpha value is -1.91. The number of carbonyl (C=O) groups is 2. The Morgan fingerprint density at radius 2 is 1.74 bits per heavy atom. The SMILES string of the molecule is Cc1ccc(NC(=O)CCCNC(=O)C23CC4CC(CC(C4)C2)C3)c(F)c1. The summed E-state index contributed by atoms with van der Waals surface area (Å²) in [6.45, 7) is 2.31. The molecule has 4 nitrogen and oxygen atoms in total. The van der Waals surface area contributed by atoms with Gasteiger partial charge in [-0.05, 0) is 87.3 Å². The molecule has 0 radical (unpaired) electrons. The molecule has 146 valence electrons. The molecular formula is C22H29FN2O2. The van der Waals surface area contributed by atoms with Crippen molar-refractivity contribution in [1.29, 1.82) is 0 Å². The molecule has 5 heteroatoms. The first-order chi connectivity index (χ1) is 12.9. The van der Waals surface area contributed by atoms with Crippen molar-refractivity contribution in [2.45, 2.75) is 58.3 Å². The van der Waals surface area contributed by atoms with Gasteiger partial charge in [0.1, 0.15) is 5.82 Å². The van der Waals surface area contributed by atoms with E-state index in [4.69, 9.17) is 0 Å². The number of aryl methyl sites for hydroxylation is 1. The molecule has 0 saturated heterocycles. The molecule has 4 bridgehead atoms. The van der Waals surface area contributed by atoms with Gasteiger partial charge in [0.2, 0.25) is 11.8 Å². The second kappa shape index (κ2) is 7.25. The molecule has 1 aromatic carbocycles. The number of benzene rings is 1. The maximum Gasteiger partial charge on any atom is 0.226 e. The zero-order chi connectivity index (χ0) is 19.0. The molecule has 1 aromatic rings. The third-order valence-electron chi connectivity index (χ3n) is 6.78. The van der Waals surface area contributed by atoms with Crippen LogP contribution in [0.5, 0.6) is 0 Å². The summed E-state index contributed by atoms with van der Waals surface area (Å²) >= 11 is 0. The van der Waals surface area contributed by atoms with Crippen molar-refractivity contribution in [3.05, 3.63) is 29.6 Å². The van der Waals surface area contributed by atoms with E-state index in [1.54, 1.807) is 19.1 Å². The summed E-state index contributed by atoms with van der Waals surface area (Å²) in [4.78, 5) is 24.9. The number of halogens is 1. The lowest BCUT2D eigenvalue weighted by Crippen LogP contribution is -2.53. The third kappa shape index (κ3) is 3.87. The predicted molar refractivity (Wildman–Crippen MR) is 103 cm³/mol. The molecule has 4 aliphatic carbocycles. The standard InChI is InChI=1S/C22H29FN2O2/c1-14-4-5-19(18(23)7-14)25-20(26)3-2-6-24-21(27)22-11-15-8-16(12-22)10-17(9-15)13-22/h4-5,7,15-17H,2-3,6,8-13H2,1H3,(H,24,27)(H,25,26). The van der Waals surface area contributed by atoms with Crippen molar-refractivity contribution >= 4 is 17.5 Å². The van der Waals surface area contributed by atoms with Crippen molar-refractivity contribution in [3.8, 4) is 0 Å². The zero-order valence-electron chi connectivity index (χ0n) is 16.0. The first-order valence-corrected chi connectivity index (χ1v) is 10.3. The fourth-order valence-corrected chi connectivity index (χ4v) is 5.96. The zero-order valence-corrected chi connectivity index (χ0v) is 16.0. The topological polar surface area (TPSA) is 58.2 Å². The van der Waals surface area contributed by atoms with Gasteiger partial charge in [0.05, 0.1) is 5.69 Å². The summed E-state index contributed by atoms with van der Waals surface area (Å²) in [5.41, 5.74) is 0.892. The van der Waals surface area contributed by atoms with E-state index in [2.05, 4.69) is 10.6 Å². The summed E-state index contributed by atoms with van der Waals surface area (Å²) in [5, 5.41) is 5.69. The second-order valence-corrected chi connectivity index (χ2v) is 9.09. The smallest absolute Gasteiger partial charge is 0.226 e. The lowest BCUT2D eigenvalue weighted by molar-refractivity contribution is -0.146. The number of rotatable bonds is 6. The minimum atomic E-state index is -0.418. The number of hydrogen-bond acceptors (Lipinski definition) is 2. The van der Waals surface area contributed by atoms with Gasteiger partial charge in [0.25, 0.3) is 0 Å². The Morgan fingerprint density at radius 1 is 1.11 bits per heavy atom. The van der Waals surface area contributed by atoms with Gasteiger partial charge in [0, 0.05) is 18.4 Å². The highest BCUT2D eigenvalue weighted by Crippen LogP contribution is 2.60. The number of carbonyl (C=O) groups excluding carboxylic acids is 2. The fraction of sp³-hybridized carbons (Fsp3) is 0.636. The fourth-order valence-electron chi connectivity index (χ4n) is 5.96. The number of hydrogen-bond donors (Lipinski definition) is 2. The van der Waals surface area contributed by atoms with Crippen molar-refractivity contribution in [3.63, 3.8) is 0 Å². The summed E-state index contributed by atoms with van der Waals surface area (Å²) in [6.07, 6.45) is 7.97. The normalized spacial score (nSPS) is 31.0. The molecule has 4 saturated carbocycles. The Labute approximate surface area is 160 Å². The quantitative estimate of drug-likeness (QED) is 0.736. The van der Waals surface area contributed by atoms with E-state index in [0.29, 0.717) is 13.0 Å². The van der Waals surface area contributed by atoms with Gasteiger partial charge in [-0.2, -0.15) is 0 Å². The van der Waals surface area contributed by atoms with Crippen LogP contribution >= 0.6 is 0 Å². The largest absolute Gasteiger partial charge is 0.356 e. The van der Waals surface area contributed by atoms with Crippen molar-refractivity contribution in [2.24, 2.45) is 23.2 Å². The van der Waals surface area contributed by atoms with Gasteiger partial charge in [0.15, 0.2) is 0 Å². The van der Waals surface area contributed by atoms with Crippen LogP contribution in [0.1, 0.15) is 56.9 Å². The molecule has 0 aliphatic heterocycles. The minimum absolute atomic E-state index is 0.137. The number of amides is 2. The third-order valence-corrected chi connectivity index (χ3v) is 6.78. The van der Waals surface area contributed by atoms with Crippen LogP contribution in [-0.4, -0.2) is 18.4 Å². The van der Waals surface area contributed by atoms with Crippen molar-refractivity contribution in [2.75, 3.05) is 11.9 Å². The van der Waals surface area contributed by atoms with Gasteiger partial charge < -0.3 is 10.6 Å². The molecule has 2 N–H and O–H groups in total. The Kier molecular flexibility index (Phi) is 4.95. The Morgan fingerprint density at radius 3 is 2.33 bits per heavy atom. The lowest BCUT2D eigenvalue weighted by atomic mass is 9.49. The lowest BCUT2D eigenvalue weighted by Gasteiger charge is -2.55. The monoisotopic (exact) mass is 372 g/mol. The van der Waals surface area contributed by atoms with Crippen LogP contribution in [0.25, 0.3) is 0 Å². The number of nitrogens with one attached hydrogen (secondary N) is 2. The maximum absolute atomic E-state index is 13.8. The van der Waals surface area contributed by atoms with Crippen LogP contribution in [0, 0.1) is 35.9 Å². The van der Waals surface area contributed by atoms with Crippen LogP contribution in [0.4, 0.5) is 10.1 Å². The Balaban J connectivity index is 1.22. The van der Waals surface area contributed by atoms with E-state index >= 15 is 0 Å². The van der Waals surface area contributed by atoms with Gasteiger partial charge in [-0.3, -0.25) is 9.59 Å². The predicted octanol–water partition coefficient (Wildman–Crippen LogP) is 4.19. The molecule has 4 fully saturated rings. The molecule has 27 heavy (non-hydrogen) atoms. The summed E-state index contributed by atoms with van der Waals surface area (Å²) < 4.78 is 13.8. The molecule has 0 heterocycles. The summed E-state index contributed by atoms with van der Waals surface area (Å²) in [6, 6.07) is 4.75. The summed E-state index contributed by atoms with van der Waals surface area (Å²) in [7, 11) is 0. The molecule has 2 amide bonds. The van der Waals surface area contributed by atoms with E-state index in [9.17, 15) is 14.0 Å². The average Bonchev–Trinajstić information content (AvgIpc) is 2.60. The first kappa shape index (κ1) is 18.5. The van der Waals surface area contributed by atoms with Crippen molar-refractivity contribution in [1.82, 2.24) is 5.32 Å². The summed E-state index contributed by atoms with van der Waals surface area (Å²) in [5.74, 6) is 1.80.